The SMILES string of the molecule is CCC1CCN(CCOCCN2CCC(C)CC2)CC1. The molecule has 2 rings (SSSR count). The Balaban J connectivity index is 1.44. The molecule has 0 N–H and O–H groups in total. The Hall–Kier alpha value is -0.120. The maximum absolute atomic E-state index is 5.84. The van der Waals surface area contributed by atoms with E-state index in [0.717, 1.165) is 38.1 Å². The zero-order chi connectivity index (χ0) is 14.2. The molecule has 0 aromatic heterocycles. The van der Waals surface area contributed by atoms with Crippen LogP contribution in [-0.4, -0.2) is 62.3 Å². The normalized spacial score (nSPS) is 24.3. The minimum absolute atomic E-state index is 0.916. The molecule has 0 atom stereocenters. The summed E-state index contributed by atoms with van der Waals surface area (Å²) in [7, 11) is 0. The maximum atomic E-state index is 5.84. The van der Waals surface area contributed by atoms with Gasteiger partial charge < -0.3 is 14.5 Å². The number of ether oxygens (including phenoxy) is 1. The molecule has 2 aliphatic heterocycles. The minimum Gasteiger partial charge on any atom is -0.379 e. The number of hydrogen-bond donors (Lipinski definition) is 0. The third-order valence-corrected chi connectivity index (χ3v) is 5.26. The van der Waals surface area contributed by atoms with Crippen molar-refractivity contribution in [3.63, 3.8) is 0 Å². The first-order valence-electron chi connectivity index (χ1n) is 8.80. The molecule has 2 saturated heterocycles. The first-order valence-corrected chi connectivity index (χ1v) is 8.80. The van der Waals surface area contributed by atoms with Crippen molar-refractivity contribution in [1.82, 2.24) is 9.80 Å². The summed E-state index contributed by atoms with van der Waals surface area (Å²) in [4.78, 5) is 5.14. The molecule has 2 aliphatic rings. The van der Waals surface area contributed by atoms with Crippen molar-refractivity contribution in [3.05, 3.63) is 0 Å². The second-order valence-electron chi connectivity index (χ2n) is 6.83. The lowest BCUT2D eigenvalue weighted by molar-refractivity contribution is 0.0654. The Labute approximate surface area is 125 Å². The van der Waals surface area contributed by atoms with Crippen LogP contribution < -0.4 is 0 Å². The van der Waals surface area contributed by atoms with Gasteiger partial charge in [-0.3, -0.25) is 0 Å². The molecule has 0 aliphatic carbocycles. The van der Waals surface area contributed by atoms with Gasteiger partial charge >= 0.3 is 0 Å². The second-order valence-corrected chi connectivity index (χ2v) is 6.83. The van der Waals surface area contributed by atoms with Gasteiger partial charge in [0.2, 0.25) is 0 Å². The van der Waals surface area contributed by atoms with E-state index in [-0.39, 0.29) is 0 Å². The van der Waals surface area contributed by atoms with Crippen molar-refractivity contribution in [3.8, 4) is 0 Å². The van der Waals surface area contributed by atoms with E-state index in [1.54, 1.807) is 0 Å². The highest BCUT2D eigenvalue weighted by atomic mass is 16.5. The molecule has 0 unspecified atom stereocenters. The van der Waals surface area contributed by atoms with Gasteiger partial charge in [0.1, 0.15) is 0 Å². The zero-order valence-electron chi connectivity index (χ0n) is 13.6. The van der Waals surface area contributed by atoms with Gasteiger partial charge in [-0.2, -0.15) is 0 Å². The molecule has 20 heavy (non-hydrogen) atoms. The quantitative estimate of drug-likeness (QED) is 0.668. The summed E-state index contributed by atoms with van der Waals surface area (Å²) in [5.41, 5.74) is 0. The van der Waals surface area contributed by atoms with E-state index in [4.69, 9.17) is 4.74 Å². The van der Waals surface area contributed by atoms with Crippen molar-refractivity contribution in [2.45, 2.75) is 46.0 Å². The van der Waals surface area contributed by atoms with Gasteiger partial charge in [-0.15, -0.1) is 0 Å². The molecule has 2 fully saturated rings. The Morgan fingerprint density at radius 3 is 1.85 bits per heavy atom. The number of hydrogen-bond acceptors (Lipinski definition) is 3. The Morgan fingerprint density at radius 2 is 1.35 bits per heavy atom. The first-order chi connectivity index (χ1) is 9.78. The number of likely N-dealkylation sites (tertiary alicyclic amines) is 2. The molecule has 0 amide bonds. The van der Waals surface area contributed by atoms with Crippen molar-refractivity contribution >= 4 is 0 Å². The number of piperidine rings is 2. The van der Waals surface area contributed by atoms with Crippen LogP contribution in [0.15, 0.2) is 0 Å². The molecule has 2 heterocycles. The fraction of sp³-hybridized carbons (Fsp3) is 1.00. The van der Waals surface area contributed by atoms with E-state index in [0.29, 0.717) is 0 Å². The van der Waals surface area contributed by atoms with E-state index in [1.807, 2.05) is 0 Å². The van der Waals surface area contributed by atoms with E-state index in [1.165, 1.54) is 58.3 Å². The van der Waals surface area contributed by atoms with Gasteiger partial charge in [-0.25, -0.2) is 0 Å². The highest BCUT2D eigenvalue weighted by Gasteiger charge is 2.17. The predicted octanol–water partition coefficient (Wildman–Crippen LogP) is 2.86. The number of rotatable bonds is 7. The van der Waals surface area contributed by atoms with E-state index in [9.17, 15) is 0 Å². The average Bonchev–Trinajstić information content (AvgIpc) is 2.49. The van der Waals surface area contributed by atoms with Crippen LogP contribution in [0.5, 0.6) is 0 Å². The highest BCUT2D eigenvalue weighted by molar-refractivity contribution is 4.71. The van der Waals surface area contributed by atoms with Crippen LogP contribution in [0.2, 0.25) is 0 Å². The van der Waals surface area contributed by atoms with Gasteiger partial charge in [-0.1, -0.05) is 20.3 Å². The van der Waals surface area contributed by atoms with Crippen molar-refractivity contribution in [1.29, 1.82) is 0 Å². The van der Waals surface area contributed by atoms with Crippen LogP contribution in [0.25, 0.3) is 0 Å². The van der Waals surface area contributed by atoms with Crippen LogP contribution in [0.1, 0.15) is 46.0 Å². The third-order valence-electron chi connectivity index (χ3n) is 5.26. The fourth-order valence-corrected chi connectivity index (χ4v) is 3.39. The lowest BCUT2D eigenvalue weighted by Gasteiger charge is -2.31. The molecule has 0 radical (unpaired) electrons. The Kier molecular flexibility index (Phi) is 7.32. The number of nitrogens with zero attached hydrogens (tertiary/aromatic N) is 2. The molecule has 0 saturated carbocycles. The summed E-state index contributed by atoms with van der Waals surface area (Å²) in [5, 5.41) is 0. The Morgan fingerprint density at radius 1 is 0.850 bits per heavy atom. The summed E-state index contributed by atoms with van der Waals surface area (Å²) in [6.07, 6.45) is 6.88. The average molecular weight is 282 g/mol. The lowest BCUT2D eigenvalue weighted by Crippen LogP contribution is -2.37. The van der Waals surface area contributed by atoms with Crippen LogP contribution >= 0.6 is 0 Å². The monoisotopic (exact) mass is 282 g/mol. The van der Waals surface area contributed by atoms with Crippen molar-refractivity contribution in [2.75, 3.05) is 52.5 Å². The second kappa shape index (κ2) is 9.01. The summed E-state index contributed by atoms with van der Waals surface area (Å²) in [6, 6.07) is 0. The van der Waals surface area contributed by atoms with E-state index >= 15 is 0 Å². The molecule has 0 bridgehead atoms. The van der Waals surface area contributed by atoms with Crippen LogP contribution in [0, 0.1) is 11.8 Å². The van der Waals surface area contributed by atoms with Crippen LogP contribution in [0.4, 0.5) is 0 Å². The standard InChI is InChI=1S/C17H34N2O/c1-3-17-6-10-19(11-7-17)13-15-20-14-12-18-8-4-16(2)5-9-18/h16-17H,3-15H2,1-2H3. The minimum atomic E-state index is 0.916. The van der Waals surface area contributed by atoms with Crippen molar-refractivity contribution < 1.29 is 4.74 Å². The first kappa shape index (κ1) is 16.3. The molecule has 0 aromatic carbocycles. The van der Waals surface area contributed by atoms with E-state index < -0.39 is 0 Å². The molecule has 0 aromatic rings. The zero-order valence-corrected chi connectivity index (χ0v) is 13.6. The summed E-state index contributed by atoms with van der Waals surface area (Å²) >= 11 is 0. The van der Waals surface area contributed by atoms with Crippen LogP contribution in [-0.2, 0) is 4.74 Å². The molecule has 0 spiro atoms. The summed E-state index contributed by atoms with van der Waals surface area (Å²) in [6.45, 7) is 13.9. The molecular formula is C17H34N2O. The maximum Gasteiger partial charge on any atom is 0.0594 e. The largest absolute Gasteiger partial charge is 0.379 e. The molecule has 3 nitrogen and oxygen atoms in total. The molecular weight excluding hydrogens is 248 g/mol. The van der Waals surface area contributed by atoms with Gasteiger partial charge in [0.15, 0.2) is 0 Å². The van der Waals surface area contributed by atoms with Crippen LogP contribution in [0.3, 0.4) is 0 Å². The third kappa shape index (κ3) is 5.71. The predicted molar refractivity (Wildman–Crippen MR) is 85.1 cm³/mol. The molecule has 118 valence electrons. The molecule has 3 heteroatoms. The summed E-state index contributed by atoms with van der Waals surface area (Å²) in [5.74, 6) is 1.91. The van der Waals surface area contributed by atoms with Crippen molar-refractivity contribution in [2.24, 2.45) is 11.8 Å². The van der Waals surface area contributed by atoms with E-state index in [2.05, 4.69) is 23.6 Å². The fourth-order valence-electron chi connectivity index (χ4n) is 3.39. The van der Waals surface area contributed by atoms with Gasteiger partial charge in [0, 0.05) is 13.1 Å². The smallest absolute Gasteiger partial charge is 0.0594 e. The Bertz CT molecular complexity index is 243. The van der Waals surface area contributed by atoms with Gasteiger partial charge in [0.25, 0.3) is 0 Å². The summed E-state index contributed by atoms with van der Waals surface area (Å²) < 4.78 is 5.84. The highest BCUT2D eigenvalue weighted by Crippen LogP contribution is 2.19. The lowest BCUT2D eigenvalue weighted by atomic mass is 9.94. The topological polar surface area (TPSA) is 15.7 Å². The van der Waals surface area contributed by atoms with Gasteiger partial charge in [0.05, 0.1) is 13.2 Å². The van der Waals surface area contributed by atoms with Gasteiger partial charge in [-0.05, 0) is 63.7 Å².